The van der Waals surface area contributed by atoms with E-state index in [1.54, 1.807) is 0 Å². The third-order valence-electron chi connectivity index (χ3n) is 2.69. The largest absolute Gasteiger partial charge is 0.357 e. The molecule has 1 N–H and O–H groups in total. The normalized spacial score (nSPS) is 10.6. The van der Waals surface area contributed by atoms with E-state index in [0.717, 1.165) is 44.0 Å². The Morgan fingerprint density at radius 3 is 2.35 bits per heavy atom. The summed E-state index contributed by atoms with van der Waals surface area (Å²) >= 11 is 0. The zero-order valence-electron chi connectivity index (χ0n) is 11.6. The molecule has 0 saturated heterocycles. The maximum Gasteiger partial charge on any atom is 0.129 e. The van der Waals surface area contributed by atoms with Crippen LogP contribution < -0.4 is 10.2 Å². The smallest absolute Gasteiger partial charge is 0.129 e. The van der Waals surface area contributed by atoms with Gasteiger partial charge in [-0.2, -0.15) is 0 Å². The lowest BCUT2D eigenvalue weighted by atomic mass is 10.2. The van der Waals surface area contributed by atoms with Crippen LogP contribution in [0, 0.1) is 6.92 Å². The highest BCUT2D eigenvalue weighted by Gasteiger charge is 2.07. The summed E-state index contributed by atoms with van der Waals surface area (Å²) in [7, 11) is 1.98. The molecular formula is C14H25N3. The fourth-order valence-electron chi connectivity index (χ4n) is 2.07. The van der Waals surface area contributed by atoms with Gasteiger partial charge in [0.2, 0.25) is 0 Å². The molecule has 0 bridgehead atoms. The van der Waals surface area contributed by atoms with Crippen molar-refractivity contribution in [1.82, 2.24) is 10.3 Å². The van der Waals surface area contributed by atoms with Crippen molar-refractivity contribution in [3.05, 3.63) is 23.4 Å². The molecule has 0 aromatic carbocycles. The Balaban J connectivity index is 2.92. The van der Waals surface area contributed by atoms with Crippen molar-refractivity contribution in [2.24, 2.45) is 0 Å². The van der Waals surface area contributed by atoms with Crippen molar-refractivity contribution >= 4 is 5.82 Å². The van der Waals surface area contributed by atoms with Gasteiger partial charge in [0, 0.05) is 25.3 Å². The highest BCUT2D eigenvalue weighted by molar-refractivity contribution is 5.42. The van der Waals surface area contributed by atoms with Crippen LogP contribution in [0.25, 0.3) is 0 Å². The summed E-state index contributed by atoms with van der Waals surface area (Å²) in [6.45, 7) is 9.58. The fourth-order valence-corrected chi connectivity index (χ4v) is 2.07. The zero-order chi connectivity index (χ0) is 12.7. The van der Waals surface area contributed by atoms with E-state index in [1.165, 1.54) is 5.56 Å². The van der Waals surface area contributed by atoms with E-state index < -0.39 is 0 Å². The molecule has 1 aromatic rings. The van der Waals surface area contributed by atoms with Crippen molar-refractivity contribution in [1.29, 1.82) is 0 Å². The van der Waals surface area contributed by atoms with Crippen LogP contribution in [0.5, 0.6) is 0 Å². The third kappa shape index (κ3) is 4.35. The quantitative estimate of drug-likeness (QED) is 0.787. The van der Waals surface area contributed by atoms with E-state index in [-0.39, 0.29) is 0 Å². The predicted octanol–water partition coefficient (Wildman–Crippen LogP) is 2.74. The maximum absolute atomic E-state index is 4.65. The summed E-state index contributed by atoms with van der Waals surface area (Å²) in [5.41, 5.74) is 2.41. The molecule has 1 rings (SSSR count). The molecule has 0 unspecified atom stereocenters. The molecule has 3 heteroatoms. The average Bonchev–Trinajstić information content (AvgIpc) is 2.28. The minimum atomic E-state index is 0.905. The van der Waals surface area contributed by atoms with Gasteiger partial charge in [-0.1, -0.05) is 13.8 Å². The molecule has 0 atom stereocenters. The molecule has 0 saturated carbocycles. The SMILES string of the molecule is CCCN(CCC)c1cc(CNC)cc(C)n1. The molecule has 0 amide bonds. The topological polar surface area (TPSA) is 28.2 Å². The summed E-state index contributed by atoms with van der Waals surface area (Å²) in [5.74, 6) is 1.12. The molecule has 0 fully saturated rings. The highest BCUT2D eigenvalue weighted by Crippen LogP contribution is 2.16. The first-order valence-electron chi connectivity index (χ1n) is 6.58. The van der Waals surface area contributed by atoms with E-state index >= 15 is 0 Å². The number of nitrogens with one attached hydrogen (secondary N) is 1. The lowest BCUT2D eigenvalue weighted by Gasteiger charge is -2.23. The van der Waals surface area contributed by atoms with Crippen molar-refractivity contribution in [3.8, 4) is 0 Å². The van der Waals surface area contributed by atoms with E-state index in [1.807, 2.05) is 7.05 Å². The molecule has 1 aromatic heterocycles. The van der Waals surface area contributed by atoms with E-state index in [4.69, 9.17) is 0 Å². The van der Waals surface area contributed by atoms with Gasteiger partial charge in [0.15, 0.2) is 0 Å². The Morgan fingerprint density at radius 2 is 1.82 bits per heavy atom. The number of anilines is 1. The summed E-state index contributed by atoms with van der Waals surface area (Å²) in [6.07, 6.45) is 2.33. The molecule has 3 nitrogen and oxygen atoms in total. The third-order valence-corrected chi connectivity index (χ3v) is 2.69. The number of hydrogen-bond acceptors (Lipinski definition) is 3. The van der Waals surface area contributed by atoms with Gasteiger partial charge < -0.3 is 10.2 Å². The predicted molar refractivity (Wildman–Crippen MR) is 74.5 cm³/mol. The van der Waals surface area contributed by atoms with Gasteiger partial charge in [-0.15, -0.1) is 0 Å². The molecular weight excluding hydrogens is 210 g/mol. The molecule has 1 heterocycles. The lowest BCUT2D eigenvalue weighted by molar-refractivity contribution is 0.729. The van der Waals surface area contributed by atoms with Gasteiger partial charge in [-0.05, 0) is 44.5 Å². The average molecular weight is 235 g/mol. The molecule has 0 aliphatic carbocycles. The van der Waals surface area contributed by atoms with Gasteiger partial charge in [0.05, 0.1) is 0 Å². The number of aromatic nitrogens is 1. The Bertz CT molecular complexity index is 330. The minimum Gasteiger partial charge on any atom is -0.357 e. The Kier molecular flexibility index (Phi) is 5.98. The molecule has 0 aliphatic heterocycles. The second kappa shape index (κ2) is 7.28. The van der Waals surface area contributed by atoms with Gasteiger partial charge in [-0.25, -0.2) is 4.98 Å². The van der Waals surface area contributed by atoms with Gasteiger partial charge >= 0.3 is 0 Å². The van der Waals surface area contributed by atoms with Crippen molar-refractivity contribution in [2.45, 2.75) is 40.2 Å². The van der Waals surface area contributed by atoms with Crippen molar-refractivity contribution in [2.75, 3.05) is 25.0 Å². The summed E-state index contributed by atoms with van der Waals surface area (Å²) < 4.78 is 0. The van der Waals surface area contributed by atoms with E-state index in [9.17, 15) is 0 Å². The fraction of sp³-hybridized carbons (Fsp3) is 0.643. The van der Waals surface area contributed by atoms with Gasteiger partial charge in [0.1, 0.15) is 5.82 Å². The lowest BCUT2D eigenvalue weighted by Crippen LogP contribution is -2.26. The number of hydrogen-bond donors (Lipinski definition) is 1. The highest BCUT2D eigenvalue weighted by atomic mass is 15.2. The second-order valence-corrected chi connectivity index (χ2v) is 4.49. The summed E-state index contributed by atoms with van der Waals surface area (Å²) in [6, 6.07) is 4.35. The van der Waals surface area contributed by atoms with Crippen LogP contribution in [0.2, 0.25) is 0 Å². The van der Waals surface area contributed by atoms with E-state index in [2.05, 4.69) is 48.1 Å². The van der Waals surface area contributed by atoms with Gasteiger partial charge in [-0.3, -0.25) is 0 Å². The van der Waals surface area contributed by atoms with Crippen molar-refractivity contribution in [3.63, 3.8) is 0 Å². The molecule has 0 aliphatic rings. The zero-order valence-corrected chi connectivity index (χ0v) is 11.6. The number of nitrogens with zero attached hydrogens (tertiary/aromatic N) is 2. The first-order chi connectivity index (χ1) is 8.21. The van der Waals surface area contributed by atoms with Gasteiger partial charge in [0.25, 0.3) is 0 Å². The van der Waals surface area contributed by atoms with Crippen molar-refractivity contribution < 1.29 is 0 Å². The standard InChI is InChI=1S/C14H25N3/c1-5-7-17(8-6-2)14-10-13(11-15-4)9-12(3)16-14/h9-10,15H,5-8,11H2,1-4H3. The second-order valence-electron chi connectivity index (χ2n) is 4.49. The first kappa shape index (κ1) is 14.0. The van der Waals surface area contributed by atoms with Crippen LogP contribution in [0.4, 0.5) is 5.82 Å². The minimum absolute atomic E-state index is 0.905. The van der Waals surface area contributed by atoms with Crippen LogP contribution in [0.3, 0.4) is 0 Å². The molecule has 0 spiro atoms. The number of pyridine rings is 1. The monoisotopic (exact) mass is 235 g/mol. The van der Waals surface area contributed by atoms with Crippen LogP contribution >= 0.6 is 0 Å². The Morgan fingerprint density at radius 1 is 1.18 bits per heavy atom. The number of aryl methyl sites for hydroxylation is 1. The van der Waals surface area contributed by atoms with E-state index in [0.29, 0.717) is 0 Å². The molecule has 96 valence electrons. The maximum atomic E-state index is 4.65. The molecule has 0 radical (unpaired) electrons. The van der Waals surface area contributed by atoms with Crippen LogP contribution in [-0.4, -0.2) is 25.1 Å². The van der Waals surface area contributed by atoms with Crippen LogP contribution in [0.15, 0.2) is 12.1 Å². The Labute approximate surface area is 105 Å². The van der Waals surface area contributed by atoms with Crippen LogP contribution in [0.1, 0.15) is 37.9 Å². The Hall–Kier alpha value is -1.09. The summed E-state index contributed by atoms with van der Waals surface area (Å²) in [4.78, 5) is 7.03. The number of rotatable bonds is 7. The van der Waals surface area contributed by atoms with Crippen LogP contribution in [-0.2, 0) is 6.54 Å². The first-order valence-corrected chi connectivity index (χ1v) is 6.58. The summed E-state index contributed by atoms with van der Waals surface area (Å²) in [5, 5.41) is 3.20. The molecule has 17 heavy (non-hydrogen) atoms.